The van der Waals surface area contributed by atoms with Crippen molar-refractivity contribution in [3.8, 4) is 0 Å². The van der Waals surface area contributed by atoms with Gasteiger partial charge in [-0.1, -0.05) is 48.0 Å². The molecule has 132 valence electrons. The number of nitrogens with one attached hydrogen (secondary N) is 1. The van der Waals surface area contributed by atoms with E-state index in [4.69, 9.17) is 0 Å². The molecule has 2 aromatic rings. The van der Waals surface area contributed by atoms with Crippen LogP contribution < -0.4 is 5.32 Å². The average molecular weight is 336 g/mol. The fraction of sp³-hybridized carbons (Fsp3) is 0.409. The van der Waals surface area contributed by atoms with Crippen LogP contribution in [0.25, 0.3) is 0 Å². The number of likely N-dealkylation sites (tertiary alicyclic amines) is 1. The largest absolute Gasteiger partial charge is 0.373 e. The van der Waals surface area contributed by atoms with Gasteiger partial charge in [-0.25, -0.2) is 0 Å². The number of para-hydroxylation sites is 1. The Kier molecular flexibility index (Phi) is 5.54. The number of hydrogen-bond donors (Lipinski definition) is 1. The second-order valence-corrected chi connectivity index (χ2v) is 7.21. The second-order valence-electron chi connectivity index (χ2n) is 7.21. The van der Waals surface area contributed by atoms with Crippen LogP contribution in [0.2, 0.25) is 0 Å². The molecule has 0 aromatic heterocycles. The third kappa shape index (κ3) is 4.49. The molecule has 3 nitrogen and oxygen atoms in total. The highest BCUT2D eigenvalue weighted by molar-refractivity contribution is 5.89. The number of carbonyl (C=O) groups excluding carboxylic acids is 1. The van der Waals surface area contributed by atoms with Gasteiger partial charge in [0.15, 0.2) is 5.78 Å². The summed E-state index contributed by atoms with van der Waals surface area (Å²) in [6, 6.07) is 18.8. The summed E-state index contributed by atoms with van der Waals surface area (Å²) in [6.07, 6.45) is 2.80. The third-order valence-electron chi connectivity index (χ3n) is 5.34. The monoisotopic (exact) mass is 336 g/mol. The SMILES string of the molecule is CC(=O)C1(Nc2ccccc2)CCN(CCc2cccc(C)c2)CC1. The van der Waals surface area contributed by atoms with Gasteiger partial charge in [0, 0.05) is 25.3 Å². The third-order valence-corrected chi connectivity index (χ3v) is 5.34. The summed E-state index contributed by atoms with van der Waals surface area (Å²) in [5.74, 6) is 0.245. The van der Waals surface area contributed by atoms with E-state index in [1.807, 2.05) is 30.3 Å². The van der Waals surface area contributed by atoms with E-state index in [9.17, 15) is 4.79 Å². The number of piperidine rings is 1. The molecule has 25 heavy (non-hydrogen) atoms. The number of nitrogens with zero attached hydrogens (tertiary/aromatic N) is 1. The fourth-order valence-electron chi connectivity index (χ4n) is 3.68. The van der Waals surface area contributed by atoms with Crippen molar-refractivity contribution in [3.63, 3.8) is 0 Å². The van der Waals surface area contributed by atoms with Gasteiger partial charge in [0.05, 0.1) is 5.54 Å². The molecule has 0 atom stereocenters. The van der Waals surface area contributed by atoms with Gasteiger partial charge < -0.3 is 10.2 Å². The Balaban J connectivity index is 1.57. The lowest BCUT2D eigenvalue weighted by Gasteiger charge is -2.41. The summed E-state index contributed by atoms with van der Waals surface area (Å²) in [7, 11) is 0. The van der Waals surface area contributed by atoms with Gasteiger partial charge in [-0.05, 0) is 50.8 Å². The topological polar surface area (TPSA) is 32.3 Å². The Morgan fingerprint density at radius 3 is 2.44 bits per heavy atom. The van der Waals surface area contributed by atoms with Crippen molar-refractivity contribution in [2.24, 2.45) is 0 Å². The fourth-order valence-corrected chi connectivity index (χ4v) is 3.68. The zero-order valence-electron chi connectivity index (χ0n) is 15.3. The normalized spacial score (nSPS) is 17.2. The number of aryl methyl sites for hydroxylation is 1. The highest BCUT2D eigenvalue weighted by Gasteiger charge is 2.38. The van der Waals surface area contributed by atoms with Crippen LogP contribution in [0, 0.1) is 6.92 Å². The molecule has 0 unspecified atom stereocenters. The lowest BCUT2D eigenvalue weighted by atomic mass is 9.83. The van der Waals surface area contributed by atoms with Crippen molar-refractivity contribution < 1.29 is 4.79 Å². The minimum atomic E-state index is -0.415. The molecule has 1 fully saturated rings. The van der Waals surface area contributed by atoms with Gasteiger partial charge in [0.2, 0.25) is 0 Å². The molecule has 0 aliphatic carbocycles. The van der Waals surface area contributed by atoms with E-state index < -0.39 is 5.54 Å². The predicted molar refractivity (Wildman–Crippen MR) is 104 cm³/mol. The van der Waals surface area contributed by atoms with Crippen molar-refractivity contribution in [2.75, 3.05) is 25.0 Å². The molecule has 0 bridgehead atoms. The van der Waals surface area contributed by atoms with Crippen LogP contribution in [0.1, 0.15) is 30.9 Å². The van der Waals surface area contributed by atoms with Crippen molar-refractivity contribution in [1.29, 1.82) is 0 Å². The van der Waals surface area contributed by atoms with E-state index in [-0.39, 0.29) is 5.78 Å². The van der Waals surface area contributed by atoms with E-state index in [1.54, 1.807) is 6.92 Å². The Bertz CT molecular complexity index is 703. The van der Waals surface area contributed by atoms with Crippen molar-refractivity contribution in [3.05, 3.63) is 65.7 Å². The Labute approximate surface area is 151 Å². The molecule has 0 saturated carbocycles. The zero-order chi connectivity index (χ0) is 17.7. The molecule has 2 aromatic carbocycles. The van der Waals surface area contributed by atoms with Crippen LogP contribution in [-0.2, 0) is 11.2 Å². The summed E-state index contributed by atoms with van der Waals surface area (Å²) < 4.78 is 0. The molecular weight excluding hydrogens is 308 g/mol. The number of Topliss-reactive ketones (excluding diaryl/α,β-unsaturated/α-hetero) is 1. The first-order valence-corrected chi connectivity index (χ1v) is 9.20. The van der Waals surface area contributed by atoms with Crippen LogP contribution in [0.15, 0.2) is 54.6 Å². The number of ketones is 1. The molecule has 0 radical (unpaired) electrons. The van der Waals surface area contributed by atoms with E-state index in [2.05, 4.69) is 41.4 Å². The highest BCUT2D eigenvalue weighted by atomic mass is 16.1. The molecular formula is C22H28N2O. The lowest BCUT2D eigenvalue weighted by molar-refractivity contribution is -0.122. The van der Waals surface area contributed by atoms with Gasteiger partial charge in [-0.3, -0.25) is 4.79 Å². The van der Waals surface area contributed by atoms with Gasteiger partial charge in [-0.15, -0.1) is 0 Å². The van der Waals surface area contributed by atoms with Crippen LogP contribution in [0.3, 0.4) is 0 Å². The lowest BCUT2D eigenvalue weighted by Crippen LogP contribution is -2.53. The summed E-state index contributed by atoms with van der Waals surface area (Å²) in [5.41, 5.74) is 3.33. The Hall–Kier alpha value is -2.13. The van der Waals surface area contributed by atoms with Crippen molar-refractivity contribution in [1.82, 2.24) is 4.90 Å². The number of carbonyl (C=O) groups is 1. The maximum atomic E-state index is 12.4. The maximum Gasteiger partial charge on any atom is 0.155 e. The number of rotatable bonds is 6. The van der Waals surface area contributed by atoms with E-state index in [0.29, 0.717) is 0 Å². The maximum absolute atomic E-state index is 12.4. The summed E-state index contributed by atoms with van der Waals surface area (Å²) in [4.78, 5) is 14.8. The van der Waals surface area contributed by atoms with E-state index in [0.717, 1.165) is 44.6 Å². The smallest absolute Gasteiger partial charge is 0.155 e. The van der Waals surface area contributed by atoms with Crippen LogP contribution in [-0.4, -0.2) is 35.9 Å². The number of anilines is 1. The summed E-state index contributed by atoms with van der Waals surface area (Å²) >= 11 is 0. The molecule has 3 heteroatoms. The van der Waals surface area contributed by atoms with E-state index in [1.165, 1.54) is 11.1 Å². The van der Waals surface area contributed by atoms with Crippen molar-refractivity contribution in [2.45, 2.75) is 38.6 Å². The van der Waals surface area contributed by atoms with E-state index >= 15 is 0 Å². The number of hydrogen-bond acceptors (Lipinski definition) is 3. The van der Waals surface area contributed by atoms with Crippen molar-refractivity contribution >= 4 is 11.5 Å². The first kappa shape index (κ1) is 17.7. The molecule has 1 N–H and O–H groups in total. The van der Waals surface area contributed by atoms with Crippen LogP contribution >= 0.6 is 0 Å². The average Bonchev–Trinajstić information content (AvgIpc) is 2.62. The second kappa shape index (κ2) is 7.83. The zero-order valence-corrected chi connectivity index (χ0v) is 15.3. The quantitative estimate of drug-likeness (QED) is 0.863. The molecule has 0 amide bonds. The minimum Gasteiger partial charge on any atom is -0.373 e. The number of benzene rings is 2. The van der Waals surface area contributed by atoms with Gasteiger partial charge >= 0.3 is 0 Å². The van der Waals surface area contributed by atoms with Crippen LogP contribution in [0.5, 0.6) is 0 Å². The van der Waals surface area contributed by atoms with Gasteiger partial charge in [0.25, 0.3) is 0 Å². The van der Waals surface area contributed by atoms with Gasteiger partial charge in [0.1, 0.15) is 0 Å². The Morgan fingerprint density at radius 1 is 1.08 bits per heavy atom. The minimum absolute atomic E-state index is 0.245. The molecule has 3 rings (SSSR count). The predicted octanol–water partition coefficient (Wildman–Crippen LogP) is 4.07. The molecule has 0 spiro atoms. The Morgan fingerprint density at radius 2 is 1.80 bits per heavy atom. The molecule has 1 aliphatic heterocycles. The first-order valence-electron chi connectivity index (χ1n) is 9.20. The summed E-state index contributed by atoms with van der Waals surface area (Å²) in [5, 5.41) is 3.52. The molecule has 1 aliphatic rings. The standard InChI is InChI=1S/C22H28N2O/c1-18-7-6-8-20(17-18)11-14-24-15-12-22(13-16-24,19(2)25)23-21-9-4-3-5-10-21/h3-10,17,23H,11-16H2,1-2H3. The van der Waals surface area contributed by atoms with Crippen LogP contribution in [0.4, 0.5) is 5.69 Å². The summed E-state index contributed by atoms with van der Waals surface area (Å²) in [6.45, 7) is 6.85. The molecule has 1 heterocycles. The van der Waals surface area contributed by atoms with Gasteiger partial charge in [-0.2, -0.15) is 0 Å². The molecule has 1 saturated heterocycles. The highest BCUT2D eigenvalue weighted by Crippen LogP contribution is 2.28. The first-order chi connectivity index (χ1) is 12.1.